The molecule has 0 aliphatic heterocycles. The van der Waals surface area contributed by atoms with Crippen molar-refractivity contribution in [2.75, 3.05) is 0 Å². The third-order valence-electron chi connectivity index (χ3n) is 3.43. The van der Waals surface area contributed by atoms with Gasteiger partial charge in [0.15, 0.2) is 0 Å². The Labute approximate surface area is 104 Å². The summed E-state index contributed by atoms with van der Waals surface area (Å²) in [5, 5.41) is 0. The van der Waals surface area contributed by atoms with E-state index in [4.69, 9.17) is 0 Å². The minimum atomic E-state index is -3.27. The molecule has 1 N–H and O–H groups in total. The van der Waals surface area contributed by atoms with Crippen molar-refractivity contribution in [3.8, 4) is 0 Å². The summed E-state index contributed by atoms with van der Waals surface area (Å²) in [4.78, 5) is 11.2. The summed E-state index contributed by atoms with van der Waals surface area (Å²) < 4.78 is 25.9. The van der Waals surface area contributed by atoms with Gasteiger partial charge in [0.05, 0.1) is 4.75 Å². The van der Waals surface area contributed by atoms with Crippen molar-refractivity contribution < 1.29 is 13.2 Å². The Hall–Kier alpha value is -0.420. The number of Topliss-reactive ketones (excluding diaryl/α,β-unsaturated/α-hetero) is 1. The number of ketones is 1. The van der Waals surface area contributed by atoms with Crippen molar-refractivity contribution in [2.45, 2.75) is 64.2 Å². The molecule has 0 bridgehead atoms. The van der Waals surface area contributed by atoms with Crippen LogP contribution in [-0.2, 0) is 14.8 Å². The third kappa shape index (κ3) is 3.78. The van der Waals surface area contributed by atoms with Gasteiger partial charge in [-0.25, -0.2) is 13.1 Å². The quantitative estimate of drug-likeness (QED) is 0.843. The summed E-state index contributed by atoms with van der Waals surface area (Å²) in [6.45, 7) is 6.69. The van der Waals surface area contributed by atoms with Crippen LogP contribution < -0.4 is 4.72 Å². The van der Waals surface area contributed by atoms with Crippen molar-refractivity contribution in [3.63, 3.8) is 0 Å². The molecule has 1 rings (SSSR count). The largest absolute Gasteiger partial charge is 0.300 e. The summed E-state index contributed by atoms with van der Waals surface area (Å²) >= 11 is 0. The lowest BCUT2D eigenvalue weighted by Gasteiger charge is -2.30. The molecule has 0 saturated heterocycles. The Morgan fingerprint density at radius 2 is 1.59 bits per heavy atom. The molecule has 0 atom stereocenters. The van der Waals surface area contributed by atoms with E-state index in [-0.39, 0.29) is 17.7 Å². The van der Waals surface area contributed by atoms with Crippen LogP contribution in [0.15, 0.2) is 0 Å². The highest BCUT2D eigenvalue weighted by molar-refractivity contribution is 7.90. The average Bonchev–Trinajstić information content (AvgIpc) is 2.16. The van der Waals surface area contributed by atoms with Crippen LogP contribution in [-0.4, -0.2) is 25.0 Å². The summed E-state index contributed by atoms with van der Waals surface area (Å²) in [6.07, 6.45) is 3.12. The maximum atomic E-state index is 12.0. The van der Waals surface area contributed by atoms with Gasteiger partial charge in [0.25, 0.3) is 0 Å². The molecule has 4 nitrogen and oxygen atoms in total. The summed E-state index contributed by atoms with van der Waals surface area (Å²) in [5.74, 6) is 0.354. The highest BCUT2D eigenvalue weighted by Gasteiger charge is 2.33. The van der Waals surface area contributed by atoms with Gasteiger partial charge in [-0.15, -0.1) is 0 Å². The third-order valence-corrected chi connectivity index (χ3v) is 5.69. The standard InChI is InChI=1S/C12H23NO3S/c1-9(14)10-5-7-11(8-6-10)13-17(15,16)12(2,3)4/h10-11,13H,5-8H2,1-4H3. The van der Waals surface area contributed by atoms with Gasteiger partial charge in [-0.3, -0.25) is 4.79 Å². The molecular formula is C12H23NO3S. The van der Waals surface area contributed by atoms with E-state index in [1.807, 2.05) is 0 Å². The molecule has 0 radical (unpaired) electrons. The van der Waals surface area contributed by atoms with Crippen molar-refractivity contribution in [2.24, 2.45) is 5.92 Å². The zero-order chi connectivity index (χ0) is 13.3. The van der Waals surface area contributed by atoms with E-state index in [0.29, 0.717) is 0 Å². The summed E-state index contributed by atoms with van der Waals surface area (Å²) in [5.41, 5.74) is 0. The first-order valence-electron chi connectivity index (χ1n) is 6.16. The molecule has 100 valence electrons. The number of carbonyl (C=O) groups is 1. The zero-order valence-electron chi connectivity index (χ0n) is 11.1. The summed E-state index contributed by atoms with van der Waals surface area (Å²) in [6, 6.07) is -0.00479. The predicted molar refractivity (Wildman–Crippen MR) is 68.2 cm³/mol. The fourth-order valence-electron chi connectivity index (χ4n) is 2.01. The molecule has 0 spiro atoms. The fourth-order valence-corrected chi connectivity index (χ4v) is 3.04. The van der Waals surface area contributed by atoms with Gasteiger partial charge in [0.1, 0.15) is 5.78 Å². The molecule has 0 aromatic heterocycles. The Kier molecular flexibility index (Phi) is 4.36. The van der Waals surface area contributed by atoms with E-state index in [2.05, 4.69) is 4.72 Å². The number of hydrogen-bond donors (Lipinski definition) is 1. The maximum Gasteiger partial charge on any atom is 0.216 e. The molecule has 0 unspecified atom stereocenters. The molecule has 0 aromatic rings. The van der Waals surface area contributed by atoms with E-state index in [9.17, 15) is 13.2 Å². The van der Waals surface area contributed by atoms with Crippen LogP contribution in [0.3, 0.4) is 0 Å². The van der Waals surface area contributed by atoms with Crippen molar-refractivity contribution in [1.29, 1.82) is 0 Å². The molecule has 0 amide bonds. The van der Waals surface area contributed by atoms with Crippen LogP contribution in [0.5, 0.6) is 0 Å². The Balaban J connectivity index is 2.55. The number of sulfonamides is 1. The second-order valence-corrected chi connectivity index (χ2v) is 8.36. The summed E-state index contributed by atoms with van der Waals surface area (Å²) in [7, 11) is -3.27. The molecular weight excluding hydrogens is 238 g/mol. The lowest BCUT2D eigenvalue weighted by Crippen LogP contribution is -2.46. The molecule has 1 aliphatic carbocycles. The lowest BCUT2D eigenvalue weighted by atomic mass is 9.84. The molecule has 1 fully saturated rings. The molecule has 0 aromatic carbocycles. The van der Waals surface area contributed by atoms with Gasteiger partial charge >= 0.3 is 0 Å². The highest BCUT2D eigenvalue weighted by Crippen LogP contribution is 2.26. The van der Waals surface area contributed by atoms with Crippen LogP contribution >= 0.6 is 0 Å². The number of nitrogens with one attached hydrogen (secondary N) is 1. The van der Waals surface area contributed by atoms with Gasteiger partial charge in [0, 0.05) is 12.0 Å². The number of carbonyl (C=O) groups excluding carboxylic acids is 1. The van der Waals surface area contributed by atoms with Gasteiger partial charge in [0.2, 0.25) is 10.0 Å². The first-order chi connectivity index (χ1) is 7.63. The average molecular weight is 261 g/mol. The molecule has 0 heterocycles. The fraction of sp³-hybridized carbons (Fsp3) is 0.917. The Morgan fingerprint density at radius 1 is 1.12 bits per heavy atom. The molecule has 17 heavy (non-hydrogen) atoms. The molecule has 1 saturated carbocycles. The smallest absolute Gasteiger partial charge is 0.216 e. The van der Waals surface area contributed by atoms with Crippen LogP contribution in [0.4, 0.5) is 0 Å². The van der Waals surface area contributed by atoms with Crippen molar-refractivity contribution in [3.05, 3.63) is 0 Å². The van der Waals surface area contributed by atoms with E-state index < -0.39 is 14.8 Å². The second kappa shape index (κ2) is 5.06. The van der Waals surface area contributed by atoms with Gasteiger partial charge in [-0.1, -0.05) is 0 Å². The van der Waals surface area contributed by atoms with E-state index in [1.54, 1.807) is 27.7 Å². The van der Waals surface area contributed by atoms with Crippen molar-refractivity contribution >= 4 is 15.8 Å². The normalized spacial score (nSPS) is 26.8. The van der Waals surface area contributed by atoms with E-state index in [1.165, 1.54) is 0 Å². The van der Waals surface area contributed by atoms with E-state index in [0.717, 1.165) is 25.7 Å². The van der Waals surface area contributed by atoms with Crippen molar-refractivity contribution in [1.82, 2.24) is 4.72 Å². The number of hydrogen-bond acceptors (Lipinski definition) is 3. The van der Waals surface area contributed by atoms with Crippen LogP contribution in [0.1, 0.15) is 53.4 Å². The van der Waals surface area contributed by atoms with Crippen LogP contribution in [0, 0.1) is 5.92 Å². The van der Waals surface area contributed by atoms with Crippen LogP contribution in [0.25, 0.3) is 0 Å². The minimum Gasteiger partial charge on any atom is -0.300 e. The van der Waals surface area contributed by atoms with Gasteiger partial charge < -0.3 is 0 Å². The topological polar surface area (TPSA) is 63.2 Å². The molecule has 5 heteroatoms. The highest BCUT2D eigenvalue weighted by atomic mass is 32.2. The monoisotopic (exact) mass is 261 g/mol. The molecule has 1 aliphatic rings. The van der Waals surface area contributed by atoms with E-state index >= 15 is 0 Å². The van der Waals surface area contributed by atoms with Crippen LogP contribution in [0.2, 0.25) is 0 Å². The maximum absolute atomic E-state index is 12.0. The number of rotatable bonds is 3. The predicted octanol–water partition coefficient (Wildman–Crippen LogP) is 1.85. The minimum absolute atomic E-state index is 0.00479. The zero-order valence-corrected chi connectivity index (χ0v) is 11.9. The van der Waals surface area contributed by atoms with Gasteiger partial charge in [-0.05, 0) is 53.4 Å². The Bertz CT molecular complexity index is 373. The lowest BCUT2D eigenvalue weighted by molar-refractivity contribution is -0.121. The Morgan fingerprint density at radius 3 is 1.94 bits per heavy atom. The first-order valence-corrected chi connectivity index (χ1v) is 7.64. The first kappa shape index (κ1) is 14.6. The van der Waals surface area contributed by atoms with Gasteiger partial charge in [-0.2, -0.15) is 0 Å². The second-order valence-electron chi connectivity index (χ2n) is 5.89. The SMILES string of the molecule is CC(=O)C1CCC(NS(=O)(=O)C(C)(C)C)CC1.